The molecule has 41 heavy (non-hydrogen) atoms. The molecule has 1 aliphatic rings. The molecule has 1 fully saturated rings. The molecule has 6 atom stereocenters. The summed E-state index contributed by atoms with van der Waals surface area (Å²) in [7, 11) is 0. The molecule has 1 aromatic carbocycles. The highest BCUT2D eigenvalue weighted by Crippen LogP contribution is 2.47. The second kappa shape index (κ2) is 11.8. The Morgan fingerprint density at radius 2 is 2.05 bits per heavy atom. The number of rotatable bonds is 10. The SMILES string of the molecule is CC(NP(=S)(OC[C@H]1O[C@@H](n2cnc3c(=O)[nH]c(N)nc32)[C@](C)(O)[C@@H]1O)Oc1ccccc1)C(=O)OCC(C)(C)C. The number of carbonyl (C=O) groups is 1. The van der Waals surface area contributed by atoms with E-state index in [0.29, 0.717) is 5.75 Å². The average molecular weight is 611 g/mol. The van der Waals surface area contributed by atoms with Gasteiger partial charge >= 0.3 is 12.6 Å². The van der Waals surface area contributed by atoms with Gasteiger partial charge < -0.3 is 34.5 Å². The molecule has 1 aliphatic heterocycles. The highest BCUT2D eigenvalue weighted by atomic mass is 32.5. The Labute approximate surface area is 241 Å². The van der Waals surface area contributed by atoms with Crippen LogP contribution in [0.5, 0.6) is 5.75 Å². The Hall–Kier alpha value is -2.91. The molecule has 1 saturated heterocycles. The molecule has 2 aromatic heterocycles. The smallest absolute Gasteiger partial charge is 0.323 e. The number of aromatic nitrogens is 4. The van der Waals surface area contributed by atoms with Crippen molar-refractivity contribution in [1.29, 1.82) is 0 Å². The van der Waals surface area contributed by atoms with Crippen LogP contribution in [0.25, 0.3) is 11.2 Å². The monoisotopic (exact) mass is 610 g/mol. The Balaban J connectivity index is 1.53. The maximum atomic E-state index is 12.7. The lowest BCUT2D eigenvalue weighted by Gasteiger charge is -2.29. The molecule has 0 bridgehead atoms. The lowest BCUT2D eigenvalue weighted by Crippen LogP contribution is -2.44. The lowest BCUT2D eigenvalue weighted by molar-refractivity contribution is -0.148. The first kappa shape index (κ1) is 31.0. The first-order valence-electron chi connectivity index (χ1n) is 12.8. The van der Waals surface area contributed by atoms with Crippen LogP contribution in [0.3, 0.4) is 0 Å². The van der Waals surface area contributed by atoms with Gasteiger partial charge in [-0.2, -0.15) is 4.98 Å². The number of imidazole rings is 1. The van der Waals surface area contributed by atoms with E-state index in [9.17, 15) is 19.8 Å². The van der Waals surface area contributed by atoms with E-state index in [0.717, 1.165) is 0 Å². The van der Waals surface area contributed by atoms with Crippen LogP contribution < -0.4 is 20.9 Å². The van der Waals surface area contributed by atoms with Crippen molar-refractivity contribution in [2.45, 2.75) is 64.7 Å². The number of hydrogen-bond donors (Lipinski definition) is 5. The van der Waals surface area contributed by atoms with Crippen LogP contribution in [0, 0.1) is 5.41 Å². The summed E-state index contributed by atoms with van der Waals surface area (Å²) in [4.78, 5) is 35.4. The van der Waals surface area contributed by atoms with E-state index in [1.54, 1.807) is 37.3 Å². The molecule has 4 rings (SSSR count). The number of nitrogen functional groups attached to an aromatic ring is 1. The van der Waals surface area contributed by atoms with E-state index in [2.05, 4.69) is 20.0 Å². The average Bonchev–Trinajstić information content (AvgIpc) is 3.39. The predicted octanol–water partition coefficient (Wildman–Crippen LogP) is 1.60. The predicted molar refractivity (Wildman–Crippen MR) is 153 cm³/mol. The van der Waals surface area contributed by atoms with E-state index >= 15 is 0 Å². The normalized spacial score (nSPS) is 25.1. The van der Waals surface area contributed by atoms with Gasteiger partial charge in [-0.05, 0) is 43.2 Å². The number of aliphatic hydroxyl groups is 2. The van der Waals surface area contributed by atoms with Gasteiger partial charge in [0.25, 0.3) is 5.56 Å². The minimum Gasteiger partial charge on any atom is -0.464 e. The maximum Gasteiger partial charge on any atom is 0.323 e. The number of H-pyrrole nitrogens is 1. The number of carbonyl (C=O) groups excluding carboxylic acids is 1. The zero-order valence-electron chi connectivity index (χ0n) is 23.3. The molecule has 0 saturated carbocycles. The molecule has 0 radical (unpaired) electrons. The number of nitrogens with zero attached hydrogens (tertiary/aromatic N) is 3. The van der Waals surface area contributed by atoms with Crippen LogP contribution in [0.4, 0.5) is 5.95 Å². The number of anilines is 1. The first-order valence-corrected chi connectivity index (χ1v) is 15.5. The maximum absolute atomic E-state index is 12.7. The van der Waals surface area contributed by atoms with Crippen molar-refractivity contribution in [3.63, 3.8) is 0 Å². The number of aromatic amines is 1. The van der Waals surface area contributed by atoms with Crippen LogP contribution in [0.1, 0.15) is 40.8 Å². The van der Waals surface area contributed by atoms with Crippen LogP contribution in [-0.4, -0.2) is 72.8 Å². The van der Waals surface area contributed by atoms with Crippen molar-refractivity contribution in [2.24, 2.45) is 5.41 Å². The summed E-state index contributed by atoms with van der Waals surface area (Å²) in [5.74, 6) is -0.291. The minimum atomic E-state index is -3.45. The zero-order chi connectivity index (χ0) is 30.2. The van der Waals surface area contributed by atoms with Gasteiger partial charge in [0.1, 0.15) is 29.6 Å². The Bertz CT molecular complexity index is 1490. The van der Waals surface area contributed by atoms with E-state index < -0.39 is 48.2 Å². The fraction of sp³-hybridized carbons (Fsp3) is 0.520. The molecule has 224 valence electrons. The third-order valence-electron chi connectivity index (χ3n) is 6.19. The number of hydrogen-bond acceptors (Lipinski definition) is 12. The number of aliphatic hydroxyl groups excluding tert-OH is 1. The van der Waals surface area contributed by atoms with Gasteiger partial charge in [-0.3, -0.25) is 19.1 Å². The Kier molecular flexibility index (Phi) is 8.90. The molecular weight excluding hydrogens is 575 g/mol. The topological polar surface area (TPSA) is 196 Å². The van der Waals surface area contributed by atoms with Gasteiger partial charge in [0.15, 0.2) is 17.4 Å². The molecule has 14 nitrogen and oxygen atoms in total. The van der Waals surface area contributed by atoms with Crippen molar-refractivity contribution in [2.75, 3.05) is 18.9 Å². The largest absolute Gasteiger partial charge is 0.464 e. The summed E-state index contributed by atoms with van der Waals surface area (Å²) >= 11 is 5.74. The van der Waals surface area contributed by atoms with Gasteiger partial charge in [0.2, 0.25) is 5.95 Å². The molecule has 0 amide bonds. The molecule has 3 aromatic rings. The fourth-order valence-corrected chi connectivity index (χ4v) is 6.49. The molecule has 2 unspecified atom stereocenters. The summed E-state index contributed by atoms with van der Waals surface area (Å²) in [6.07, 6.45) is -2.51. The van der Waals surface area contributed by atoms with Gasteiger partial charge in [0.05, 0.1) is 19.5 Å². The summed E-state index contributed by atoms with van der Waals surface area (Å²) in [6, 6.07) is 7.79. The van der Waals surface area contributed by atoms with Crippen LogP contribution in [0.15, 0.2) is 41.5 Å². The number of para-hydroxylation sites is 1. The van der Waals surface area contributed by atoms with Crippen molar-refractivity contribution < 1.29 is 33.5 Å². The van der Waals surface area contributed by atoms with E-state index in [-0.39, 0.29) is 35.7 Å². The second-order valence-electron chi connectivity index (χ2n) is 11.2. The van der Waals surface area contributed by atoms with Crippen molar-refractivity contribution in [1.82, 2.24) is 24.6 Å². The Morgan fingerprint density at radius 1 is 1.37 bits per heavy atom. The number of ether oxygens (including phenoxy) is 2. The summed E-state index contributed by atoms with van der Waals surface area (Å²) < 4.78 is 24.7. The van der Waals surface area contributed by atoms with E-state index in [1.807, 2.05) is 20.8 Å². The Morgan fingerprint density at radius 3 is 2.71 bits per heavy atom. The van der Waals surface area contributed by atoms with Crippen molar-refractivity contribution in [3.05, 3.63) is 47.0 Å². The van der Waals surface area contributed by atoms with Crippen LogP contribution in [-0.2, 0) is 30.6 Å². The molecule has 0 aliphatic carbocycles. The summed E-state index contributed by atoms with van der Waals surface area (Å²) in [6.45, 7) is 5.20. The van der Waals surface area contributed by atoms with Crippen molar-refractivity contribution >= 4 is 41.5 Å². The molecule has 6 N–H and O–H groups in total. The third-order valence-corrected chi connectivity index (χ3v) is 8.69. The number of nitrogens with two attached hydrogens (primary N) is 1. The molecule has 3 heterocycles. The summed E-state index contributed by atoms with van der Waals surface area (Å²) in [5, 5.41) is 25.2. The molecule has 0 spiro atoms. The van der Waals surface area contributed by atoms with Crippen LogP contribution in [0.2, 0.25) is 0 Å². The number of esters is 1. The second-order valence-corrected chi connectivity index (χ2v) is 14.3. The fourth-order valence-electron chi connectivity index (χ4n) is 4.08. The standard InChI is InChI=1S/C25H35N6O8PS/c1-14(21(34)36-12-24(2,3)4)30-40(41,39-15-9-7-6-8-10-15)37-11-16-18(32)25(5,35)22(38-16)31-13-27-17-19(31)28-23(26)29-20(17)33/h6-10,13-14,16,18,22,32,35H,11-12H2,1-5H3,(H,30,41)(H3,26,28,29,33)/t14?,16-,18-,22-,25-,40?/m1/s1. The number of nitrogens with one attached hydrogen (secondary N) is 2. The lowest BCUT2D eigenvalue weighted by atomic mass is 9.96. The van der Waals surface area contributed by atoms with Crippen molar-refractivity contribution in [3.8, 4) is 5.75 Å². The van der Waals surface area contributed by atoms with E-state index in [4.69, 9.17) is 36.1 Å². The third kappa shape index (κ3) is 7.12. The van der Waals surface area contributed by atoms with Gasteiger partial charge in [-0.25, -0.2) is 10.1 Å². The van der Waals surface area contributed by atoms with Gasteiger partial charge in [-0.15, -0.1) is 0 Å². The molecule has 16 heteroatoms. The van der Waals surface area contributed by atoms with Gasteiger partial charge in [0, 0.05) is 0 Å². The van der Waals surface area contributed by atoms with E-state index in [1.165, 1.54) is 17.8 Å². The molecular formula is C25H35N6O8PS. The highest BCUT2D eigenvalue weighted by molar-refractivity contribution is 8.09. The highest BCUT2D eigenvalue weighted by Gasteiger charge is 2.54. The zero-order valence-corrected chi connectivity index (χ0v) is 25.0. The number of fused-ring (bicyclic) bond motifs is 1. The summed E-state index contributed by atoms with van der Waals surface area (Å²) in [5.41, 5.74) is 3.08. The quantitative estimate of drug-likeness (QED) is 0.164. The van der Waals surface area contributed by atoms with Crippen LogP contribution >= 0.6 is 6.64 Å². The first-order chi connectivity index (χ1) is 19.1. The van der Waals surface area contributed by atoms with Gasteiger partial charge in [-0.1, -0.05) is 39.0 Å². The minimum absolute atomic E-state index is 0.0175. The number of benzene rings is 1.